The fourth-order valence-corrected chi connectivity index (χ4v) is 5.60. The zero-order valence-corrected chi connectivity index (χ0v) is 24.6. The van der Waals surface area contributed by atoms with Gasteiger partial charge in [-0.3, -0.25) is 19.8 Å². The first-order valence-corrected chi connectivity index (χ1v) is 14.6. The van der Waals surface area contributed by atoms with Gasteiger partial charge in [-0.1, -0.05) is 30.9 Å². The van der Waals surface area contributed by atoms with Gasteiger partial charge in [0, 0.05) is 49.4 Å². The molecule has 1 saturated carbocycles. The summed E-state index contributed by atoms with van der Waals surface area (Å²) < 4.78 is 82.6. The molecule has 2 N–H and O–H groups in total. The summed E-state index contributed by atoms with van der Waals surface area (Å²) >= 11 is 6.21. The van der Waals surface area contributed by atoms with Crippen molar-refractivity contribution < 1.29 is 45.6 Å². The Kier molecular flexibility index (Phi) is 10.9. The predicted molar refractivity (Wildman–Crippen MR) is 154 cm³/mol. The number of anilines is 1. The van der Waals surface area contributed by atoms with E-state index in [1.54, 1.807) is 4.90 Å². The van der Waals surface area contributed by atoms with Crippen LogP contribution in [0.5, 0.6) is 0 Å². The monoisotopic (exact) mass is 664 g/mol. The average Bonchev–Trinajstić information content (AvgIpc) is 3.31. The lowest BCUT2D eigenvalue weighted by atomic mass is 9.95. The van der Waals surface area contributed by atoms with Crippen molar-refractivity contribution in [3.05, 3.63) is 68.4 Å². The molecular formula is C29H31ClF6N4O5. The summed E-state index contributed by atoms with van der Waals surface area (Å²) in [6.07, 6.45) is -4.09. The van der Waals surface area contributed by atoms with Gasteiger partial charge in [0.2, 0.25) is 5.91 Å². The highest BCUT2D eigenvalue weighted by molar-refractivity contribution is 6.36. The number of carbonyl (C=O) groups excluding carboxylic acids is 1. The van der Waals surface area contributed by atoms with Gasteiger partial charge in [0.15, 0.2) is 0 Å². The number of amides is 1. The zero-order chi connectivity index (χ0) is 32.9. The van der Waals surface area contributed by atoms with Crippen LogP contribution in [0.1, 0.15) is 49.0 Å². The number of piperazine rings is 1. The van der Waals surface area contributed by atoms with E-state index in [-0.39, 0.29) is 28.0 Å². The Bertz CT molecular complexity index is 1500. The van der Waals surface area contributed by atoms with Crippen LogP contribution in [0.15, 0.2) is 40.8 Å². The molecule has 1 saturated heterocycles. The number of aliphatic hydroxyl groups excluding tert-OH is 1. The lowest BCUT2D eigenvalue weighted by molar-refractivity contribution is -0.388. The van der Waals surface area contributed by atoms with Gasteiger partial charge in [-0.05, 0) is 43.2 Å². The van der Waals surface area contributed by atoms with Crippen LogP contribution in [0.3, 0.4) is 0 Å². The van der Waals surface area contributed by atoms with Crippen LogP contribution >= 0.6 is 11.6 Å². The number of carbonyl (C=O) groups is 1. The van der Waals surface area contributed by atoms with Gasteiger partial charge < -0.3 is 19.7 Å². The van der Waals surface area contributed by atoms with E-state index in [2.05, 4.69) is 5.32 Å². The van der Waals surface area contributed by atoms with Crippen LogP contribution in [-0.4, -0.2) is 64.6 Å². The number of nitro groups is 1. The molecule has 0 atom stereocenters. The minimum atomic E-state index is -4.73. The third-order valence-corrected chi connectivity index (χ3v) is 8.14. The van der Waals surface area contributed by atoms with Crippen molar-refractivity contribution >= 4 is 39.9 Å². The summed E-state index contributed by atoms with van der Waals surface area (Å²) in [7, 11) is 0. The first-order chi connectivity index (χ1) is 21.2. The minimum absolute atomic E-state index is 0.145. The third-order valence-electron chi connectivity index (χ3n) is 7.72. The predicted octanol–water partition coefficient (Wildman–Crippen LogP) is 7.10. The van der Waals surface area contributed by atoms with Crippen LogP contribution in [0, 0.1) is 10.1 Å². The molecule has 1 aromatic heterocycles. The smallest absolute Gasteiger partial charge is 0.423 e. The molecule has 2 heterocycles. The van der Waals surface area contributed by atoms with E-state index in [0.717, 1.165) is 56.4 Å². The summed E-state index contributed by atoms with van der Waals surface area (Å²) in [5.41, 5.74) is -2.29. The maximum atomic E-state index is 12.8. The third kappa shape index (κ3) is 8.79. The zero-order valence-electron chi connectivity index (χ0n) is 23.9. The highest BCUT2D eigenvalue weighted by Gasteiger charge is 2.38. The Morgan fingerprint density at radius 2 is 1.67 bits per heavy atom. The molecule has 1 aliphatic heterocycles. The first kappa shape index (κ1) is 34.3. The van der Waals surface area contributed by atoms with Gasteiger partial charge in [0.1, 0.15) is 23.5 Å². The van der Waals surface area contributed by atoms with Gasteiger partial charge in [-0.15, -0.1) is 0 Å². The van der Waals surface area contributed by atoms with E-state index in [4.69, 9.17) is 21.1 Å². The Labute approximate surface area is 258 Å². The van der Waals surface area contributed by atoms with Crippen molar-refractivity contribution in [1.82, 2.24) is 9.80 Å². The van der Waals surface area contributed by atoms with Crippen molar-refractivity contribution in [2.24, 2.45) is 0 Å². The Balaban J connectivity index is 0.000000210. The fraction of sp³-hybridized carbons (Fsp3) is 0.483. The molecular weight excluding hydrogens is 634 g/mol. The second kappa shape index (κ2) is 14.3. The second-order valence-electron chi connectivity index (χ2n) is 10.8. The number of nitrogens with one attached hydrogen (secondary N) is 1. The topological polar surface area (TPSA) is 112 Å². The summed E-state index contributed by atoms with van der Waals surface area (Å²) in [5.74, 6) is 0.0824. The Morgan fingerprint density at radius 3 is 2.24 bits per heavy atom. The van der Waals surface area contributed by atoms with Crippen LogP contribution in [0.4, 0.5) is 37.7 Å². The number of fused-ring (bicyclic) bond motifs is 1. The number of nitro benzene ring substituents is 1. The molecule has 0 bridgehead atoms. The maximum absolute atomic E-state index is 12.8. The summed E-state index contributed by atoms with van der Waals surface area (Å²) in [6.45, 7) is 1.89. The van der Waals surface area contributed by atoms with Crippen molar-refractivity contribution in [3.8, 4) is 0 Å². The molecule has 16 heteroatoms. The Morgan fingerprint density at radius 1 is 1.00 bits per heavy atom. The van der Waals surface area contributed by atoms with E-state index < -0.39 is 40.7 Å². The van der Waals surface area contributed by atoms with Crippen molar-refractivity contribution in [2.75, 3.05) is 38.1 Å². The number of furan rings is 1. The van der Waals surface area contributed by atoms with E-state index in [1.807, 2.05) is 4.90 Å². The highest BCUT2D eigenvalue weighted by Crippen LogP contribution is 2.39. The lowest BCUT2D eigenvalue weighted by Crippen LogP contribution is -2.49. The standard InChI is InChI=1S/C16H16ClF3N2O3.C13H15F3N2O2/c17-15-11-7-10(16(18,19)20)1-2-12(11)25-13(15)8-21-3-5-22(6-4-21)14(24)9-23;14-13(15,16)11-8-10(6-7-12(11)18(19)20)17-9-4-2-1-3-5-9/h1-2,7,23H,3-6,8-9H2;6-9,17H,1-5H2. The summed E-state index contributed by atoms with van der Waals surface area (Å²) in [6, 6.07) is 6.44. The number of hydrogen-bond acceptors (Lipinski definition) is 7. The second-order valence-corrected chi connectivity index (χ2v) is 11.2. The number of halogens is 7. The normalized spacial score (nSPS) is 16.8. The molecule has 45 heavy (non-hydrogen) atoms. The van der Waals surface area contributed by atoms with Crippen molar-refractivity contribution in [3.63, 3.8) is 0 Å². The maximum Gasteiger partial charge on any atom is 0.423 e. The molecule has 1 aliphatic carbocycles. The number of benzene rings is 2. The lowest BCUT2D eigenvalue weighted by Gasteiger charge is -2.33. The summed E-state index contributed by atoms with van der Waals surface area (Å²) in [5, 5.41) is 23.0. The minimum Gasteiger partial charge on any atom is -0.458 e. The van der Waals surface area contributed by atoms with Gasteiger partial charge >= 0.3 is 12.4 Å². The molecule has 1 amide bonds. The largest absolute Gasteiger partial charge is 0.458 e. The molecule has 246 valence electrons. The van der Waals surface area contributed by atoms with E-state index in [1.165, 1.54) is 12.1 Å². The van der Waals surface area contributed by atoms with Crippen molar-refractivity contribution in [1.29, 1.82) is 0 Å². The molecule has 0 unspecified atom stereocenters. The number of rotatable bonds is 6. The van der Waals surface area contributed by atoms with Crippen LogP contribution in [0.2, 0.25) is 5.02 Å². The van der Waals surface area contributed by atoms with Gasteiger partial charge in [0.25, 0.3) is 5.69 Å². The van der Waals surface area contributed by atoms with Crippen molar-refractivity contribution in [2.45, 2.75) is 57.0 Å². The van der Waals surface area contributed by atoms with Crippen LogP contribution < -0.4 is 5.32 Å². The van der Waals surface area contributed by atoms with Gasteiger partial charge in [-0.25, -0.2) is 0 Å². The average molecular weight is 665 g/mol. The molecule has 2 fully saturated rings. The number of nitrogens with zero attached hydrogens (tertiary/aromatic N) is 3. The molecule has 0 radical (unpaired) electrons. The molecule has 2 aromatic carbocycles. The fourth-order valence-electron chi connectivity index (χ4n) is 5.35. The molecule has 3 aromatic rings. The molecule has 5 rings (SSSR count). The first-order valence-electron chi connectivity index (χ1n) is 14.2. The van der Waals surface area contributed by atoms with Gasteiger partial charge in [-0.2, -0.15) is 26.3 Å². The Hall–Kier alpha value is -3.56. The number of aliphatic hydroxyl groups is 1. The quantitative estimate of drug-likeness (QED) is 0.164. The van der Waals surface area contributed by atoms with Crippen LogP contribution in [0.25, 0.3) is 11.0 Å². The van der Waals surface area contributed by atoms with Gasteiger partial charge in [0.05, 0.1) is 22.1 Å². The number of hydrogen-bond donors (Lipinski definition) is 2. The summed E-state index contributed by atoms with van der Waals surface area (Å²) in [4.78, 5) is 24.6. The van der Waals surface area contributed by atoms with E-state index in [0.29, 0.717) is 44.1 Å². The highest BCUT2D eigenvalue weighted by atomic mass is 35.5. The molecule has 0 spiro atoms. The van der Waals surface area contributed by atoms with Crippen LogP contribution in [-0.2, 0) is 23.7 Å². The molecule has 2 aliphatic rings. The van der Waals surface area contributed by atoms with E-state index in [9.17, 15) is 41.3 Å². The molecule has 9 nitrogen and oxygen atoms in total. The van der Waals surface area contributed by atoms with E-state index >= 15 is 0 Å². The number of alkyl halides is 6. The SMILES string of the molecule is O=C(CO)N1CCN(Cc2oc3ccc(C(F)(F)F)cc3c2Cl)CC1.O=[N+]([O-])c1ccc(NC2CCCCC2)cc1C(F)(F)F.